The van der Waals surface area contributed by atoms with Crippen LogP contribution in [-0.4, -0.2) is 89.2 Å². The maximum atomic E-state index is 13.1. The van der Waals surface area contributed by atoms with Crippen molar-refractivity contribution in [2.75, 3.05) is 13.2 Å². The molecule has 75 heavy (non-hydrogen) atoms. The molecule has 1 aliphatic rings. The molecule has 0 radical (unpaired) electrons. The van der Waals surface area contributed by atoms with Crippen molar-refractivity contribution in [2.24, 2.45) is 0 Å². The lowest BCUT2D eigenvalue weighted by atomic mass is 9.98. The molecule has 0 bridgehead atoms. The van der Waals surface area contributed by atoms with Gasteiger partial charge in [-0.3, -0.25) is 14.4 Å². The van der Waals surface area contributed by atoms with Gasteiger partial charge in [-0.2, -0.15) is 0 Å². The number of unbranched alkanes of at least 4 members (excludes halogenated alkanes) is 12. The van der Waals surface area contributed by atoms with Crippen molar-refractivity contribution < 1.29 is 58.2 Å². The van der Waals surface area contributed by atoms with Crippen molar-refractivity contribution in [3.63, 3.8) is 0 Å². The third kappa shape index (κ3) is 40.1. The number of aliphatic hydroxyl groups is 2. The second-order valence-electron chi connectivity index (χ2n) is 18.8. The van der Waals surface area contributed by atoms with Crippen LogP contribution in [-0.2, 0) is 42.9 Å². The standard InChI is InChI=1S/C63H98O12/c1-4-7-10-13-16-19-21-23-25-27-28-30-32-34-36-39-42-45-48-51-57(66)74-61-59(68)58(67)60(62(69)70)75-63(61)72-53-54(73-56(65)50-47-44-41-37-18-15-12-9-6-3)52-71-55(64)49-46-43-40-38-35-33-31-29-26-24-22-20-17-14-11-8-5-2/h7-8,10-11,16-17,19-20,23-26,28,30-31,33-34,36,38,40,54,58-61,63,67-68H,4-6,9,12-15,18,21-22,27,29,32,35,37,39,41-53H2,1-3H3,(H,69,70)/b10-7-,11-8-,19-16-,20-17-,25-23-,26-24-,30-28-,33-31-,36-34-,40-38-. The number of aliphatic carboxylic acids is 1. The molecule has 12 heteroatoms. The summed E-state index contributed by atoms with van der Waals surface area (Å²) in [6.45, 7) is 5.65. The molecule has 6 unspecified atom stereocenters. The summed E-state index contributed by atoms with van der Waals surface area (Å²) in [6.07, 6.45) is 56.2. The summed E-state index contributed by atoms with van der Waals surface area (Å²) in [7, 11) is 0. The molecule has 3 N–H and O–H groups in total. The molecule has 0 aromatic heterocycles. The molecule has 0 aromatic rings. The Labute approximate surface area is 452 Å². The first-order valence-electron chi connectivity index (χ1n) is 28.5. The summed E-state index contributed by atoms with van der Waals surface area (Å²) in [5.74, 6) is -3.26. The second-order valence-corrected chi connectivity index (χ2v) is 18.8. The summed E-state index contributed by atoms with van der Waals surface area (Å²) in [5, 5.41) is 31.4. The van der Waals surface area contributed by atoms with Crippen LogP contribution in [0.15, 0.2) is 122 Å². The van der Waals surface area contributed by atoms with E-state index in [1.807, 2.05) is 6.08 Å². The summed E-state index contributed by atoms with van der Waals surface area (Å²) in [6, 6.07) is 0. The van der Waals surface area contributed by atoms with Crippen LogP contribution in [0.5, 0.6) is 0 Å². The van der Waals surface area contributed by atoms with Crippen molar-refractivity contribution in [1.82, 2.24) is 0 Å². The minimum Gasteiger partial charge on any atom is -0.479 e. The Hall–Kier alpha value is -4.88. The molecule has 1 rings (SSSR count). The van der Waals surface area contributed by atoms with Crippen LogP contribution in [0.25, 0.3) is 0 Å². The third-order valence-electron chi connectivity index (χ3n) is 12.0. The van der Waals surface area contributed by atoms with E-state index >= 15 is 0 Å². The Morgan fingerprint density at radius 1 is 0.453 bits per heavy atom. The van der Waals surface area contributed by atoms with Gasteiger partial charge < -0.3 is 39.0 Å². The second kappa shape index (κ2) is 50.0. The fourth-order valence-corrected chi connectivity index (χ4v) is 7.72. The number of carbonyl (C=O) groups excluding carboxylic acids is 3. The van der Waals surface area contributed by atoms with E-state index in [9.17, 15) is 34.5 Å². The minimum atomic E-state index is -1.93. The topological polar surface area (TPSA) is 175 Å². The van der Waals surface area contributed by atoms with Gasteiger partial charge in [0.1, 0.15) is 18.8 Å². The van der Waals surface area contributed by atoms with Crippen molar-refractivity contribution in [1.29, 1.82) is 0 Å². The number of carboxylic acids is 1. The molecule has 0 saturated carbocycles. The van der Waals surface area contributed by atoms with E-state index in [-0.39, 0.29) is 25.9 Å². The summed E-state index contributed by atoms with van der Waals surface area (Å²) in [5.41, 5.74) is 0. The number of carbonyl (C=O) groups is 4. The first-order chi connectivity index (χ1) is 36.6. The fraction of sp³-hybridized carbons (Fsp3) is 0.619. The molecule has 0 aromatic carbocycles. The first kappa shape index (κ1) is 68.1. The Balaban J connectivity index is 2.72. The van der Waals surface area contributed by atoms with E-state index in [4.69, 9.17) is 23.7 Å². The Bertz CT molecular complexity index is 1770. The molecule has 0 amide bonds. The molecule has 0 spiro atoms. The lowest BCUT2D eigenvalue weighted by Gasteiger charge is -2.40. The number of aliphatic hydroxyl groups excluding tert-OH is 2. The van der Waals surface area contributed by atoms with Crippen molar-refractivity contribution >= 4 is 23.9 Å². The van der Waals surface area contributed by atoms with Gasteiger partial charge >= 0.3 is 23.9 Å². The van der Waals surface area contributed by atoms with E-state index in [1.165, 1.54) is 25.7 Å². The Morgan fingerprint density at radius 2 is 0.853 bits per heavy atom. The number of hydrogen-bond donors (Lipinski definition) is 3. The lowest BCUT2D eigenvalue weighted by molar-refractivity contribution is -0.301. The van der Waals surface area contributed by atoms with Gasteiger partial charge in [0.15, 0.2) is 24.6 Å². The number of ether oxygens (including phenoxy) is 5. The smallest absolute Gasteiger partial charge is 0.335 e. The molecule has 422 valence electrons. The zero-order valence-corrected chi connectivity index (χ0v) is 46.2. The van der Waals surface area contributed by atoms with Crippen LogP contribution in [0.4, 0.5) is 0 Å². The summed E-state index contributed by atoms with van der Waals surface area (Å²) >= 11 is 0. The number of rotatable bonds is 46. The van der Waals surface area contributed by atoms with Gasteiger partial charge in [0, 0.05) is 19.3 Å². The molecule has 12 nitrogen and oxygen atoms in total. The van der Waals surface area contributed by atoms with Crippen LogP contribution in [0.2, 0.25) is 0 Å². The average molecular weight is 1050 g/mol. The Morgan fingerprint density at radius 3 is 1.32 bits per heavy atom. The van der Waals surface area contributed by atoms with Crippen LogP contribution in [0, 0.1) is 0 Å². The van der Waals surface area contributed by atoms with Gasteiger partial charge in [0.05, 0.1) is 6.61 Å². The largest absolute Gasteiger partial charge is 0.479 e. The molecule has 1 heterocycles. The van der Waals surface area contributed by atoms with Gasteiger partial charge in [-0.25, -0.2) is 4.79 Å². The molecular weight excluding hydrogens is 949 g/mol. The van der Waals surface area contributed by atoms with Crippen molar-refractivity contribution in [3.8, 4) is 0 Å². The van der Waals surface area contributed by atoms with Crippen LogP contribution in [0.1, 0.15) is 201 Å². The van der Waals surface area contributed by atoms with E-state index in [1.54, 1.807) is 0 Å². The first-order valence-corrected chi connectivity index (χ1v) is 28.5. The van der Waals surface area contributed by atoms with Gasteiger partial charge in [-0.1, -0.05) is 200 Å². The average Bonchev–Trinajstić information content (AvgIpc) is 3.39. The quantitative estimate of drug-likeness (QED) is 0.0228. The predicted molar refractivity (Wildman–Crippen MR) is 303 cm³/mol. The van der Waals surface area contributed by atoms with E-state index < -0.39 is 67.3 Å². The molecular formula is C63H98O12. The van der Waals surface area contributed by atoms with Crippen LogP contribution in [0.3, 0.4) is 0 Å². The monoisotopic (exact) mass is 1050 g/mol. The van der Waals surface area contributed by atoms with E-state index in [2.05, 4.69) is 136 Å². The summed E-state index contributed by atoms with van der Waals surface area (Å²) in [4.78, 5) is 50.9. The van der Waals surface area contributed by atoms with Gasteiger partial charge in [-0.15, -0.1) is 0 Å². The predicted octanol–water partition coefficient (Wildman–Crippen LogP) is 14.4. The van der Waals surface area contributed by atoms with Crippen LogP contribution >= 0.6 is 0 Å². The number of hydrogen-bond acceptors (Lipinski definition) is 11. The number of allylic oxidation sites excluding steroid dienone is 20. The maximum absolute atomic E-state index is 13.1. The molecule has 6 atom stereocenters. The van der Waals surface area contributed by atoms with E-state index in [0.717, 1.165) is 109 Å². The van der Waals surface area contributed by atoms with E-state index in [0.29, 0.717) is 25.7 Å². The highest BCUT2D eigenvalue weighted by molar-refractivity contribution is 5.74. The molecule has 0 aliphatic carbocycles. The van der Waals surface area contributed by atoms with Gasteiger partial charge in [-0.05, 0) is 103 Å². The zero-order chi connectivity index (χ0) is 54.7. The van der Waals surface area contributed by atoms with Crippen LogP contribution < -0.4 is 0 Å². The molecule has 1 saturated heterocycles. The highest BCUT2D eigenvalue weighted by Crippen LogP contribution is 2.26. The van der Waals surface area contributed by atoms with Gasteiger partial charge in [0.25, 0.3) is 0 Å². The normalized spacial score (nSPS) is 19.1. The zero-order valence-electron chi connectivity index (χ0n) is 46.2. The lowest BCUT2D eigenvalue weighted by Crippen LogP contribution is -2.61. The molecule has 1 fully saturated rings. The third-order valence-corrected chi connectivity index (χ3v) is 12.0. The SMILES string of the molecule is CC/C=C\C/C=C\C/C=C\C/C=C\C/C=C\CCCCCC(=O)OC1C(OCC(COC(=O)CCC/C=C\C/C=C\C/C=C\C/C=C\C/C=C\CC)OC(=O)CCCCCCCCCCC)OC(C(=O)O)C(O)C1O. The van der Waals surface area contributed by atoms with Crippen molar-refractivity contribution in [3.05, 3.63) is 122 Å². The maximum Gasteiger partial charge on any atom is 0.335 e. The van der Waals surface area contributed by atoms with Crippen molar-refractivity contribution in [2.45, 2.75) is 237 Å². The van der Waals surface area contributed by atoms with Gasteiger partial charge in [0.2, 0.25) is 0 Å². The Kier molecular flexibility index (Phi) is 45.4. The summed E-state index contributed by atoms with van der Waals surface area (Å²) < 4.78 is 28.2. The number of esters is 3. The minimum absolute atomic E-state index is 0.0101. The highest BCUT2D eigenvalue weighted by atomic mass is 16.7. The highest BCUT2D eigenvalue weighted by Gasteiger charge is 2.50. The fourth-order valence-electron chi connectivity index (χ4n) is 7.72. The molecule has 1 aliphatic heterocycles. The number of carboxylic acid groups (broad SMARTS) is 1.